The number of benzene rings is 1. The average Bonchev–Trinajstić information content (AvgIpc) is 2.62. The Morgan fingerprint density at radius 1 is 1.28 bits per heavy atom. The molecule has 3 atom stereocenters. The van der Waals surface area contributed by atoms with Crippen LogP contribution in [0.25, 0.3) is 0 Å². The first-order valence-electron chi connectivity index (χ1n) is 6.37. The quantitative estimate of drug-likeness (QED) is 0.816. The van der Waals surface area contributed by atoms with Crippen LogP contribution in [0, 0.1) is 11.3 Å². The third-order valence-electron chi connectivity index (χ3n) is 4.36. The topological polar surface area (TPSA) is 38.3 Å². The zero-order valence-electron chi connectivity index (χ0n) is 11.4. The molecular formula is C15H21NO2. The van der Waals surface area contributed by atoms with E-state index in [-0.39, 0.29) is 23.5 Å². The van der Waals surface area contributed by atoms with Crippen molar-refractivity contribution in [2.75, 3.05) is 7.11 Å². The minimum Gasteiger partial charge on any atom is -0.468 e. The Balaban J connectivity index is 2.29. The highest BCUT2D eigenvalue weighted by Crippen LogP contribution is 2.45. The molecule has 1 aromatic carbocycles. The zero-order valence-corrected chi connectivity index (χ0v) is 11.4. The van der Waals surface area contributed by atoms with E-state index in [1.165, 1.54) is 12.7 Å². The minimum absolute atomic E-state index is 0.117. The van der Waals surface area contributed by atoms with Crippen LogP contribution in [0.3, 0.4) is 0 Å². The summed E-state index contributed by atoms with van der Waals surface area (Å²) in [4.78, 5) is 11.9. The van der Waals surface area contributed by atoms with E-state index >= 15 is 0 Å². The highest BCUT2D eigenvalue weighted by molar-refractivity contribution is 5.77. The van der Waals surface area contributed by atoms with E-state index < -0.39 is 0 Å². The summed E-state index contributed by atoms with van der Waals surface area (Å²) in [5.41, 5.74) is 1.11. The Kier molecular flexibility index (Phi) is 3.44. The molecule has 0 spiro atoms. The molecular weight excluding hydrogens is 226 g/mol. The van der Waals surface area contributed by atoms with E-state index in [0.717, 1.165) is 0 Å². The SMILES string of the molecule is COC(=O)[C@H]1N[C@@H](c2ccccc2)[C@@H](C)C1(C)C. The van der Waals surface area contributed by atoms with Crippen molar-refractivity contribution < 1.29 is 9.53 Å². The zero-order chi connectivity index (χ0) is 13.3. The third kappa shape index (κ3) is 2.03. The predicted octanol–water partition coefficient (Wildman–Crippen LogP) is 2.53. The smallest absolute Gasteiger partial charge is 0.323 e. The van der Waals surface area contributed by atoms with Crippen molar-refractivity contribution in [1.82, 2.24) is 5.32 Å². The van der Waals surface area contributed by atoms with Crippen LogP contribution in [0.5, 0.6) is 0 Å². The average molecular weight is 247 g/mol. The normalized spacial score (nSPS) is 30.1. The summed E-state index contributed by atoms with van der Waals surface area (Å²) in [6, 6.07) is 10.2. The predicted molar refractivity (Wildman–Crippen MR) is 71.1 cm³/mol. The Morgan fingerprint density at radius 3 is 2.44 bits per heavy atom. The fourth-order valence-electron chi connectivity index (χ4n) is 2.77. The van der Waals surface area contributed by atoms with Crippen LogP contribution >= 0.6 is 0 Å². The van der Waals surface area contributed by atoms with Crippen molar-refractivity contribution in [2.45, 2.75) is 32.9 Å². The maximum Gasteiger partial charge on any atom is 0.323 e. The summed E-state index contributed by atoms with van der Waals surface area (Å²) < 4.78 is 4.90. The van der Waals surface area contributed by atoms with Gasteiger partial charge in [-0.05, 0) is 16.9 Å². The van der Waals surface area contributed by atoms with E-state index in [1.807, 2.05) is 18.2 Å². The first-order valence-corrected chi connectivity index (χ1v) is 6.37. The largest absolute Gasteiger partial charge is 0.468 e. The Bertz CT molecular complexity index is 427. The molecule has 0 unspecified atom stereocenters. The lowest BCUT2D eigenvalue weighted by Crippen LogP contribution is -2.42. The van der Waals surface area contributed by atoms with Gasteiger partial charge < -0.3 is 4.74 Å². The van der Waals surface area contributed by atoms with Crippen molar-refractivity contribution in [1.29, 1.82) is 0 Å². The van der Waals surface area contributed by atoms with E-state index in [0.29, 0.717) is 5.92 Å². The molecule has 0 radical (unpaired) electrons. The molecule has 1 aliphatic rings. The number of esters is 1. The van der Waals surface area contributed by atoms with Crippen molar-refractivity contribution in [3.05, 3.63) is 35.9 Å². The van der Waals surface area contributed by atoms with Crippen LogP contribution in [0.15, 0.2) is 30.3 Å². The van der Waals surface area contributed by atoms with E-state index in [1.54, 1.807) is 0 Å². The summed E-state index contributed by atoms with van der Waals surface area (Å²) in [6.45, 7) is 6.43. The molecule has 0 aromatic heterocycles. The molecule has 1 aromatic rings. The van der Waals surface area contributed by atoms with Crippen LogP contribution in [-0.2, 0) is 9.53 Å². The van der Waals surface area contributed by atoms with Crippen LogP contribution in [0.1, 0.15) is 32.4 Å². The van der Waals surface area contributed by atoms with Gasteiger partial charge in [-0.3, -0.25) is 10.1 Å². The number of nitrogens with one attached hydrogen (secondary N) is 1. The van der Waals surface area contributed by atoms with Crippen molar-refractivity contribution in [3.8, 4) is 0 Å². The van der Waals surface area contributed by atoms with E-state index in [2.05, 4.69) is 38.2 Å². The van der Waals surface area contributed by atoms with Gasteiger partial charge in [0.05, 0.1) is 7.11 Å². The Morgan fingerprint density at radius 2 is 1.89 bits per heavy atom. The van der Waals surface area contributed by atoms with Gasteiger partial charge in [-0.2, -0.15) is 0 Å². The maximum absolute atomic E-state index is 11.9. The van der Waals surface area contributed by atoms with Gasteiger partial charge in [0.15, 0.2) is 0 Å². The van der Waals surface area contributed by atoms with Gasteiger partial charge in [0, 0.05) is 6.04 Å². The molecule has 1 aliphatic heterocycles. The number of hydrogen-bond acceptors (Lipinski definition) is 3. The lowest BCUT2D eigenvalue weighted by atomic mass is 9.74. The molecule has 0 aliphatic carbocycles. The molecule has 3 heteroatoms. The third-order valence-corrected chi connectivity index (χ3v) is 4.36. The maximum atomic E-state index is 11.9. The fraction of sp³-hybridized carbons (Fsp3) is 0.533. The number of rotatable bonds is 2. The molecule has 18 heavy (non-hydrogen) atoms. The monoisotopic (exact) mass is 247 g/mol. The summed E-state index contributed by atoms with van der Waals surface area (Å²) in [7, 11) is 1.45. The first-order chi connectivity index (χ1) is 8.48. The molecule has 98 valence electrons. The second-order valence-electron chi connectivity index (χ2n) is 5.62. The van der Waals surface area contributed by atoms with Gasteiger partial charge >= 0.3 is 5.97 Å². The molecule has 1 saturated heterocycles. The lowest BCUT2D eigenvalue weighted by molar-refractivity contribution is -0.145. The number of carbonyl (C=O) groups excluding carboxylic acids is 1. The number of ether oxygens (including phenoxy) is 1. The van der Waals surface area contributed by atoms with Crippen molar-refractivity contribution in [3.63, 3.8) is 0 Å². The summed E-state index contributed by atoms with van der Waals surface area (Å²) >= 11 is 0. The molecule has 1 N–H and O–H groups in total. The van der Waals surface area contributed by atoms with Crippen LogP contribution < -0.4 is 5.32 Å². The first kappa shape index (κ1) is 13.1. The highest BCUT2D eigenvalue weighted by atomic mass is 16.5. The van der Waals surface area contributed by atoms with E-state index in [9.17, 15) is 4.79 Å². The number of carbonyl (C=O) groups is 1. The molecule has 1 heterocycles. The van der Waals surface area contributed by atoms with Gasteiger partial charge in [0.2, 0.25) is 0 Å². The number of hydrogen-bond donors (Lipinski definition) is 1. The highest BCUT2D eigenvalue weighted by Gasteiger charge is 2.50. The minimum atomic E-state index is -0.247. The summed E-state index contributed by atoms with van der Waals surface area (Å²) in [6.07, 6.45) is 0. The van der Waals surface area contributed by atoms with Crippen molar-refractivity contribution in [2.24, 2.45) is 11.3 Å². The standard InChI is InChI=1S/C15H21NO2/c1-10-12(11-8-6-5-7-9-11)16-13(14(17)18-4)15(10,2)3/h5-10,12-13,16H,1-4H3/t10-,12-,13-/m1/s1. The van der Waals surface area contributed by atoms with Crippen LogP contribution in [-0.4, -0.2) is 19.1 Å². The molecule has 2 rings (SSSR count). The van der Waals surface area contributed by atoms with Gasteiger partial charge in [-0.25, -0.2) is 0 Å². The molecule has 0 amide bonds. The van der Waals surface area contributed by atoms with Crippen LogP contribution in [0.4, 0.5) is 0 Å². The molecule has 0 bridgehead atoms. The molecule has 3 nitrogen and oxygen atoms in total. The fourth-order valence-corrected chi connectivity index (χ4v) is 2.77. The Hall–Kier alpha value is -1.35. The Labute approximate surface area is 109 Å². The van der Waals surface area contributed by atoms with Gasteiger partial charge in [0.1, 0.15) is 6.04 Å². The van der Waals surface area contributed by atoms with Crippen molar-refractivity contribution >= 4 is 5.97 Å². The van der Waals surface area contributed by atoms with E-state index in [4.69, 9.17) is 4.74 Å². The molecule has 0 saturated carbocycles. The lowest BCUT2D eigenvalue weighted by Gasteiger charge is -2.29. The van der Waals surface area contributed by atoms with Gasteiger partial charge in [-0.15, -0.1) is 0 Å². The van der Waals surface area contributed by atoms with Gasteiger partial charge in [0.25, 0.3) is 0 Å². The van der Waals surface area contributed by atoms with Gasteiger partial charge in [-0.1, -0.05) is 51.1 Å². The molecule has 1 fully saturated rings. The van der Waals surface area contributed by atoms with Crippen LogP contribution in [0.2, 0.25) is 0 Å². The summed E-state index contributed by atoms with van der Waals surface area (Å²) in [5.74, 6) is 0.189. The second kappa shape index (κ2) is 4.73. The number of methoxy groups -OCH3 is 1. The summed E-state index contributed by atoms with van der Waals surface area (Å²) in [5, 5.41) is 3.42. The second-order valence-corrected chi connectivity index (χ2v) is 5.62.